The van der Waals surface area contributed by atoms with Crippen LogP contribution in [-0.4, -0.2) is 15.0 Å². The number of furan rings is 1. The molecule has 0 saturated heterocycles. The van der Waals surface area contributed by atoms with Crippen LogP contribution in [0.5, 0.6) is 0 Å². The van der Waals surface area contributed by atoms with Crippen molar-refractivity contribution in [1.29, 1.82) is 0 Å². The van der Waals surface area contributed by atoms with E-state index in [-0.39, 0.29) is 0 Å². The number of nitrogens with one attached hydrogen (secondary N) is 1. The van der Waals surface area contributed by atoms with E-state index in [4.69, 9.17) is 19.4 Å². The summed E-state index contributed by atoms with van der Waals surface area (Å²) in [5.74, 6) is 2.73. The third kappa shape index (κ3) is 4.34. The SMILES string of the molecule is C1=C(c2nc(-c3ccccc3)nc(-c3ccc4ccccc4c3)n2)c2c(oc3cc(-c4cccc5c4sc4ccccc45)ccc23)CN1. The molecule has 0 radical (unpaired) electrons. The minimum absolute atomic E-state index is 0.586. The lowest BCUT2D eigenvalue weighted by molar-refractivity contribution is 0.531. The second-order valence-electron chi connectivity index (χ2n) is 12.1. The van der Waals surface area contributed by atoms with E-state index in [2.05, 4.69) is 108 Å². The Morgan fingerprint density at radius 2 is 1.31 bits per heavy atom. The largest absolute Gasteiger partial charge is 0.458 e. The normalized spacial score (nSPS) is 12.8. The fourth-order valence-corrected chi connectivity index (χ4v) is 8.11. The first kappa shape index (κ1) is 27.0. The molecular weight excluding hydrogens is 609 g/mol. The van der Waals surface area contributed by atoms with Crippen LogP contribution in [0.3, 0.4) is 0 Å². The maximum Gasteiger partial charge on any atom is 0.166 e. The molecular formula is C42H26N4OS. The molecule has 48 heavy (non-hydrogen) atoms. The molecule has 226 valence electrons. The summed E-state index contributed by atoms with van der Waals surface area (Å²) in [7, 11) is 0. The third-order valence-corrected chi connectivity index (χ3v) is 10.4. The average Bonchev–Trinajstić information content (AvgIpc) is 3.73. The quantitative estimate of drug-likeness (QED) is 0.209. The molecule has 0 fully saturated rings. The van der Waals surface area contributed by atoms with Crippen molar-refractivity contribution in [2.45, 2.75) is 6.54 Å². The van der Waals surface area contributed by atoms with Crippen molar-refractivity contribution in [1.82, 2.24) is 20.3 Å². The summed E-state index contributed by atoms with van der Waals surface area (Å²) in [6.45, 7) is 0.586. The van der Waals surface area contributed by atoms with E-state index in [1.54, 1.807) is 0 Å². The molecule has 5 nitrogen and oxygen atoms in total. The number of aromatic nitrogens is 3. The standard InChI is InChI=1S/C42H26N4OS/c1-2-10-26(11-3-1)40-44-41(29-18-17-25-9-4-5-12-27(25)21-29)46-42(45-40)34-23-43-24-36-38(34)33-20-19-28(22-35(33)47-36)30-14-8-15-32-31-13-6-7-16-37(31)48-39(30)32/h1-23,43H,24H2. The van der Waals surface area contributed by atoms with Crippen LogP contribution < -0.4 is 5.32 Å². The van der Waals surface area contributed by atoms with E-state index in [0.717, 1.165) is 49.9 Å². The van der Waals surface area contributed by atoms with E-state index in [9.17, 15) is 0 Å². The lowest BCUT2D eigenvalue weighted by Crippen LogP contribution is -2.14. The topological polar surface area (TPSA) is 63.8 Å². The van der Waals surface area contributed by atoms with E-state index in [1.807, 2.05) is 47.9 Å². The molecule has 0 amide bonds. The van der Waals surface area contributed by atoms with Crippen molar-refractivity contribution in [2.75, 3.05) is 0 Å². The Balaban J connectivity index is 1.12. The highest BCUT2D eigenvalue weighted by atomic mass is 32.1. The van der Waals surface area contributed by atoms with Crippen LogP contribution in [0.1, 0.15) is 17.1 Å². The fourth-order valence-electron chi connectivity index (χ4n) is 6.87. The molecule has 9 aromatic rings. The van der Waals surface area contributed by atoms with Gasteiger partial charge >= 0.3 is 0 Å². The molecule has 3 aromatic heterocycles. The molecule has 1 N–H and O–H groups in total. The highest BCUT2D eigenvalue weighted by Gasteiger charge is 2.26. The minimum Gasteiger partial charge on any atom is -0.458 e. The highest BCUT2D eigenvalue weighted by Crippen LogP contribution is 2.42. The monoisotopic (exact) mass is 634 g/mol. The van der Waals surface area contributed by atoms with Gasteiger partial charge in [-0.05, 0) is 46.2 Å². The van der Waals surface area contributed by atoms with Crippen molar-refractivity contribution in [3.8, 4) is 33.9 Å². The number of nitrogens with zero attached hydrogens (tertiary/aromatic N) is 3. The summed E-state index contributed by atoms with van der Waals surface area (Å²) < 4.78 is 9.17. The molecule has 0 aliphatic carbocycles. The second kappa shape index (κ2) is 10.7. The molecule has 0 atom stereocenters. The van der Waals surface area contributed by atoms with Gasteiger partial charge in [-0.15, -0.1) is 11.3 Å². The van der Waals surface area contributed by atoms with Gasteiger partial charge in [-0.2, -0.15) is 0 Å². The van der Waals surface area contributed by atoms with E-state index in [0.29, 0.717) is 24.0 Å². The number of fused-ring (bicyclic) bond motifs is 7. The van der Waals surface area contributed by atoms with Crippen LogP contribution in [0, 0.1) is 0 Å². The first-order chi connectivity index (χ1) is 23.8. The van der Waals surface area contributed by atoms with Crippen LogP contribution in [0.2, 0.25) is 0 Å². The summed E-state index contributed by atoms with van der Waals surface area (Å²) in [6.07, 6.45) is 2.01. The summed E-state index contributed by atoms with van der Waals surface area (Å²) in [4.78, 5) is 15.1. The van der Waals surface area contributed by atoms with Crippen molar-refractivity contribution < 1.29 is 4.42 Å². The molecule has 6 aromatic carbocycles. The molecule has 6 heteroatoms. The highest BCUT2D eigenvalue weighted by molar-refractivity contribution is 7.26. The minimum atomic E-state index is 0.586. The fraction of sp³-hybridized carbons (Fsp3) is 0.0238. The lowest BCUT2D eigenvalue weighted by atomic mass is 9.97. The van der Waals surface area contributed by atoms with Gasteiger partial charge in [0, 0.05) is 54.0 Å². The molecule has 0 unspecified atom stereocenters. The Kier molecular flexibility index (Phi) is 6.04. The van der Waals surface area contributed by atoms with Gasteiger partial charge in [0.25, 0.3) is 0 Å². The van der Waals surface area contributed by atoms with E-state index in [1.165, 1.54) is 31.1 Å². The van der Waals surface area contributed by atoms with Crippen LogP contribution >= 0.6 is 11.3 Å². The maximum absolute atomic E-state index is 6.58. The van der Waals surface area contributed by atoms with Crippen LogP contribution in [0.15, 0.2) is 144 Å². The van der Waals surface area contributed by atoms with Crippen molar-refractivity contribution in [3.63, 3.8) is 0 Å². The van der Waals surface area contributed by atoms with Gasteiger partial charge in [0.2, 0.25) is 0 Å². The second-order valence-corrected chi connectivity index (χ2v) is 13.1. The molecule has 0 saturated carbocycles. The maximum atomic E-state index is 6.58. The van der Waals surface area contributed by atoms with Gasteiger partial charge in [0.05, 0.1) is 6.54 Å². The Hall–Kier alpha value is -6.11. The summed E-state index contributed by atoms with van der Waals surface area (Å²) in [5, 5.41) is 9.36. The van der Waals surface area contributed by atoms with Gasteiger partial charge in [-0.25, -0.2) is 15.0 Å². The molecule has 1 aliphatic heterocycles. The number of rotatable bonds is 4. The molecule has 1 aliphatic rings. The molecule has 4 heterocycles. The van der Waals surface area contributed by atoms with E-state index < -0.39 is 0 Å². The van der Waals surface area contributed by atoms with Crippen molar-refractivity contribution >= 4 is 58.8 Å². The van der Waals surface area contributed by atoms with Crippen molar-refractivity contribution in [3.05, 3.63) is 157 Å². The van der Waals surface area contributed by atoms with Crippen LogP contribution in [-0.2, 0) is 6.54 Å². The van der Waals surface area contributed by atoms with Gasteiger partial charge in [0.1, 0.15) is 11.3 Å². The van der Waals surface area contributed by atoms with Gasteiger partial charge in [-0.1, -0.05) is 109 Å². The Morgan fingerprint density at radius 3 is 2.23 bits per heavy atom. The average molecular weight is 635 g/mol. The molecule has 10 rings (SSSR count). The number of hydrogen-bond donors (Lipinski definition) is 1. The Morgan fingerprint density at radius 1 is 0.562 bits per heavy atom. The van der Waals surface area contributed by atoms with E-state index >= 15 is 0 Å². The zero-order valence-electron chi connectivity index (χ0n) is 25.6. The smallest absolute Gasteiger partial charge is 0.166 e. The number of benzene rings is 6. The third-order valence-electron chi connectivity index (χ3n) is 9.17. The Bertz CT molecular complexity index is 2740. The zero-order chi connectivity index (χ0) is 31.6. The first-order valence-electron chi connectivity index (χ1n) is 16.0. The van der Waals surface area contributed by atoms with Crippen LogP contribution in [0.4, 0.5) is 0 Å². The van der Waals surface area contributed by atoms with Crippen LogP contribution in [0.25, 0.3) is 81.4 Å². The first-order valence-corrected chi connectivity index (χ1v) is 16.8. The Labute approximate surface area is 279 Å². The predicted octanol–water partition coefficient (Wildman–Crippen LogP) is 10.6. The van der Waals surface area contributed by atoms with Gasteiger partial charge in [0.15, 0.2) is 17.5 Å². The van der Waals surface area contributed by atoms with Gasteiger partial charge < -0.3 is 9.73 Å². The van der Waals surface area contributed by atoms with Crippen molar-refractivity contribution in [2.24, 2.45) is 0 Å². The number of thiophene rings is 1. The summed E-state index contributed by atoms with van der Waals surface area (Å²) in [6, 6.07) is 46.6. The lowest BCUT2D eigenvalue weighted by Gasteiger charge is -2.15. The molecule has 0 bridgehead atoms. The summed E-state index contributed by atoms with van der Waals surface area (Å²) >= 11 is 1.84. The summed E-state index contributed by atoms with van der Waals surface area (Å²) in [5.41, 5.74) is 6.97. The van der Waals surface area contributed by atoms with Gasteiger partial charge in [-0.3, -0.25) is 0 Å². The number of hydrogen-bond acceptors (Lipinski definition) is 6. The predicted molar refractivity (Wildman–Crippen MR) is 197 cm³/mol. The molecule has 0 spiro atoms. The zero-order valence-corrected chi connectivity index (χ0v) is 26.5.